The Kier molecular flexibility index (Phi) is 4.98. The zero-order chi connectivity index (χ0) is 15.5. The van der Waals surface area contributed by atoms with E-state index in [4.69, 9.17) is 0 Å². The van der Waals surface area contributed by atoms with Crippen LogP contribution in [0.5, 0.6) is 0 Å². The minimum absolute atomic E-state index is 0.0570. The third-order valence-electron chi connectivity index (χ3n) is 5.35. The molecular weight excluding hydrogens is 280 g/mol. The molecule has 6 nitrogen and oxygen atoms in total. The number of nitrogens with one attached hydrogen (secondary N) is 2. The van der Waals surface area contributed by atoms with Gasteiger partial charge in [-0.25, -0.2) is 0 Å². The summed E-state index contributed by atoms with van der Waals surface area (Å²) in [7, 11) is 0. The van der Waals surface area contributed by atoms with E-state index >= 15 is 0 Å². The third-order valence-corrected chi connectivity index (χ3v) is 5.35. The number of nitrogens with zero attached hydrogens (tertiary/aromatic N) is 2. The van der Waals surface area contributed by atoms with Crippen molar-refractivity contribution in [3.63, 3.8) is 0 Å². The fraction of sp³-hybridized carbons (Fsp3) is 0.875. The summed E-state index contributed by atoms with van der Waals surface area (Å²) in [5.41, 5.74) is 0. The van der Waals surface area contributed by atoms with Crippen LogP contribution in [0.3, 0.4) is 0 Å². The van der Waals surface area contributed by atoms with Gasteiger partial charge >= 0.3 is 0 Å². The Hall–Kier alpha value is -1.14. The maximum Gasteiger partial charge on any atom is 0.225 e. The first-order valence-electron chi connectivity index (χ1n) is 8.67. The van der Waals surface area contributed by atoms with Crippen LogP contribution < -0.4 is 10.6 Å². The predicted molar refractivity (Wildman–Crippen MR) is 84.3 cm³/mol. The molecule has 2 unspecified atom stereocenters. The van der Waals surface area contributed by atoms with E-state index in [2.05, 4.69) is 22.5 Å². The molecule has 0 aromatic carbocycles. The number of rotatable bonds is 6. The minimum Gasteiger partial charge on any atom is -0.355 e. The summed E-state index contributed by atoms with van der Waals surface area (Å²) in [6, 6.07) is 0.483. The van der Waals surface area contributed by atoms with Crippen LogP contribution in [0, 0.1) is 11.8 Å². The van der Waals surface area contributed by atoms with E-state index in [1.807, 2.05) is 4.90 Å². The van der Waals surface area contributed by atoms with Crippen molar-refractivity contribution >= 4 is 11.8 Å². The van der Waals surface area contributed by atoms with Crippen molar-refractivity contribution in [2.24, 2.45) is 11.8 Å². The molecule has 2 atom stereocenters. The summed E-state index contributed by atoms with van der Waals surface area (Å²) < 4.78 is 0. The molecule has 0 aliphatic carbocycles. The fourth-order valence-electron chi connectivity index (χ4n) is 3.78. The van der Waals surface area contributed by atoms with Gasteiger partial charge in [-0.15, -0.1) is 0 Å². The highest BCUT2D eigenvalue weighted by Gasteiger charge is 2.37. The Morgan fingerprint density at radius 3 is 2.91 bits per heavy atom. The molecule has 6 heteroatoms. The molecule has 2 amide bonds. The molecule has 3 heterocycles. The molecule has 3 rings (SSSR count). The Bertz CT molecular complexity index is 424. The Balaban J connectivity index is 1.46. The van der Waals surface area contributed by atoms with Gasteiger partial charge in [-0.2, -0.15) is 0 Å². The number of likely N-dealkylation sites (N-methyl/N-ethyl adjacent to an activating group) is 1. The van der Waals surface area contributed by atoms with Crippen LogP contribution in [0.25, 0.3) is 0 Å². The number of carbonyl (C=O) groups is 2. The van der Waals surface area contributed by atoms with E-state index in [1.165, 1.54) is 12.8 Å². The van der Waals surface area contributed by atoms with Crippen molar-refractivity contribution < 1.29 is 9.59 Å². The summed E-state index contributed by atoms with van der Waals surface area (Å²) in [5, 5.41) is 6.21. The van der Waals surface area contributed by atoms with Gasteiger partial charge in [0, 0.05) is 51.1 Å². The summed E-state index contributed by atoms with van der Waals surface area (Å²) in [6.45, 7) is 8.48. The van der Waals surface area contributed by atoms with Crippen LogP contribution in [0.2, 0.25) is 0 Å². The highest BCUT2D eigenvalue weighted by atomic mass is 16.2. The molecule has 3 aliphatic rings. The van der Waals surface area contributed by atoms with Crippen LogP contribution in [-0.2, 0) is 9.59 Å². The third kappa shape index (κ3) is 3.43. The lowest BCUT2D eigenvalue weighted by molar-refractivity contribution is -0.129. The zero-order valence-electron chi connectivity index (χ0n) is 13.5. The molecule has 2 N–H and O–H groups in total. The molecule has 0 bridgehead atoms. The van der Waals surface area contributed by atoms with Gasteiger partial charge in [-0.05, 0) is 25.9 Å². The topological polar surface area (TPSA) is 64.7 Å². The average Bonchev–Trinajstić information content (AvgIpc) is 3.04. The van der Waals surface area contributed by atoms with Crippen LogP contribution in [0.15, 0.2) is 0 Å². The smallest absolute Gasteiger partial charge is 0.225 e. The Labute approximate surface area is 132 Å². The standard InChI is InChI=1S/C16H28N4O2/c1-2-19-5-3-4-14(19)11-20-10-13(6-15(20)21)16(22)18-9-12-7-17-8-12/h12-14,17H,2-11H2,1H3,(H,18,22). The number of hydrogen-bond donors (Lipinski definition) is 2. The van der Waals surface area contributed by atoms with Crippen molar-refractivity contribution in [1.82, 2.24) is 20.4 Å². The summed E-state index contributed by atoms with van der Waals surface area (Å²) >= 11 is 0. The normalized spacial score (nSPS) is 29.9. The molecule has 0 aromatic heterocycles. The van der Waals surface area contributed by atoms with Gasteiger partial charge in [0.2, 0.25) is 11.8 Å². The first-order valence-corrected chi connectivity index (χ1v) is 8.67. The number of carbonyl (C=O) groups excluding carboxylic acids is 2. The minimum atomic E-state index is -0.156. The maximum absolute atomic E-state index is 12.2. The second-order valence-electron chi connectivity index (χ2n) is 6.89. The first-order chi connectivity index (χ1) is 10.7. The quantitative estimate of drug-likeness (QED) is 0.704. The van der Waals surface area contributed by atoms with Gasteiger partial charge in [-0.1, -0.05) is 6.92 Å². The van der Waals surface area contributed by atoms with E-state index < -0.39 is 0 Å². The van der Waals surface area contributed by atoms with Crippen molar-refractivity contribution in [3.8, 4) is 0 Å². The molecule has 3 aliphatic heterocycles. The molecule has 0 saturated carbocycles. The molecule has 3 saturated heterocycles. The molecule has 22 heavy (non-hydrogen) atoms. The SMILES string of the molecule is CCN1CCCC1CN1CC(C(=O)NCC2CNC2)CC1=O. The largest absolute Gasteiger partial charge is 0.355 e. The lowest BCUT2D eigenvalue weighted by Gasteiger charge is -2.28. The van der Waals surface area contributed by atoms with E-state index in [-0.39, 0.29) is 17.7 Å². The molecule has 3 fully saturated rings. The van der Waals surface area contributed by atoms with Crippen LogP contribution in [0.4, 0.5) is 0 Å². The van der Waals surface area contributed by atoms with E-state index in [0.717, 1.165) is 39.3 Å². The van der Waals surface area contributed by atoms with Crippen LogP contribution in [-0.4, -0.2) is 73.5 Å². The molecule has 124 valence electrons. The summed E-state index contributed by atoms with van der Waals surface area (Å²) in [5.74, 6) is 0.612. The van der Waals surface area contributed by atoms with E-state index in [9.17, 15) is 9.59 Å². The highest BCUT2D eigenvalue weighted by Crippen LogP contribution is 2.23. The highest BCUT2D eigenvalue weighted by molar-refractivity contribution is 5.89. The molecule has 0 spiro atoms. The van der Waals surface area contributed by atoms with Crippen molar-refractivity contribution in [2.45, 2.75) is 32.2 Å². The maximum atomic E-state index is 12.2. The van der Waals surface area contributed by atoms with Crippen LogP contribution in [0.1, 0.15) is 26.2 Å². The van der Waals surface area contributed by atoms with Crippen molar-refractivity contribution in [1.29, 1.82) is 0 Å². The van der Waals surface area contributed by atoms with Gasteiger partial charge < -0.3 is 15.5 Å². The molecule has 0 radical (unpaired) electrons. The van der Waals surface area contributed by atoms with E-state index in [0.29, 0.717) is 24.9 Å². The van der Waals surface area contributed by atoms with Crippen LogP contribution >= 0.6 is 0 Å². The summed E-state index contributed by atoms with van der Waals surface area (Å²) in [4.78, 5) is 28.8. The second-order valence-corrected chi connectivity index (χ2v) is 6.89. The zero-order valence-corrected chi connectivity index (χ0v) is 13.5. The van der Waals surface area contributed by atoms with Crippen molar-refractivity contribution in [3.05, 3.63) is 0 Å². The number of likely N-dealkylation sites (tertiary alicyclic amines) is 2. The van der Waals surface area contributed by atoms with Gasteiger partial charge in [0.25, 0.3) is 0 Å². The summed E-state index contributed by atoms with van der Waals surface area (Å²) in [6.07, 6.45) is 2.77. The number of hydrogen-bond acceptors (Lipinski definition) is 4. The van der Waals surface area contributed by atoms with Gasteiger partial charge in [-0.3, -0.25) is 14.5 Å². The van der Waals surface area contributed by atoms with Crippen molar-refractivity contribution in [2.75, 3.05) is 45.8 Å². The van der Waals surface area contributed by atoms with Gasteiger partial charge in [0.15, 0.2) is 0 Å². The average molecular weight is 308 g/mol. The van der Waals surface area contributed by atoms with Gasteiger partial charge in [0.05, 0.1) is 5.92 Å². The lowest BCUT2D eigenvalue weighted by Crippen LogP contribution is -2.49. The fourth-order valence-corrected chi connectivity index (χ4v) is 3.78. The molecule has 0 aromatic rings. The Morgan fingerprint density at radius 2 is 2.23 bits per heavy atom. The second kappa shape index (κ2) is 6.96. The first kappa shape index (κ1) is 15.7. The van der Waals surface area contributed by atoms with E-state index in [1.54, 1.807) is 0 Å². The lowest BCUT2D eigenvalue weighted by atomic mass is 10.0. The predicted octanol–water partition coefficient (Wildman–Crippen LogP) is -0.345. The molecular formula is C16H28N4O2. The number of amides is 2. The monoisotopic (exact) mass is 308 g/mol. The van der Waals surface area contributed by atoms with Gasteiger partial charge in [0.1, 0.15) is 0 Å². The Morgan fingerprint density at radius 1 is 1.41 bits per heavy atom.